The average Bonchev–Trinajstić information content (AvgIpc) is 3.11. The fourth-order valence-electron chi connectivity index (χ4n) is 2.25. The Kier molecular flexibility index (Phi) is 9.97. The second-order valence-electron chi connectivity index (χ2n) is 5.47. The SMILES string of the molecule is CN=C(NCc1ccc(COC)cc1)NCC(C)c1cccs1.I. The van der Waals surface area contributed by atoms with Crippen LogP contribution in [0.25, 0.3) is 0 Å². The zero-order valence-electron chi connectivity index (χ0n) is 14.4. The van der Waals surface area contributed by atoms with Gasteiger partial charge in [-0.2, -0.15) is 0 Å². The third-order valence-corrected chi connectivity index (χ3v) is 4.73. The minimum absolute atomic E-state index is 0. The Balaban J connectivity index is 0.00000288. The maximum atomic E-state index is 5.12. The molecular formula is C18H26IN3OS. The number of halogens is 1. The number of hydrogen-bond donors (Lipinski definition) is 2. The monoisotopic (exact) mass is 459 g/mol. The van der Waals surface area contributed by atoms with E-state index in [1.807, 2.05) is 0 Å². The number of guanidine groups is 1. The van der Waals surface area contributed by atoms with Crippen LogP contribution < -0.4 is 10.6 Å². The second kappa shape index (κ2) is 11.4. The summed E-state index contributed by atoms with van der Waals surface area (Å²) in [4.78, 5) is 5.67. The summed E-state index contributed by atoms with van der Waals surface area (Å²) < 4.78 is 5.12. The van der Waals surface area contributed by atoms with E-state index in [0.29, 0.717) is 12.5 Å². The molecule has 0 bridgehead atoms. The molecule has 0 aliphatic heterocycles. The molecule has 4 nitrogen and oxygen atoms in total. The van der Waals surface area contributed by atoms with Crippen LogP contribution in [0.4, 0.5) is 0 Å². The van der Waals surface area contributed by atoms with E-state index < -0.39 is 0 Å². The molecule has 2 N–H and O–H groups in total. The van der Waals surface area contributed by atoms with Crippen molar-refractivity contribution in [3.05, 3.63) is 57.8 Å². The lowest BCUT2D eigenvalue weighted by atomic mass is 10.1. The molecule has 0 aliphatic carbocycles. The molecule has 0 radical (unpaired) electrons. The van der Waals surface area contributed by atoms with Gasteiger partial charge < -0.3 is 15.4 Å². The lowest BCUT2D eigenvalue weighted by Crippen LogP contribution is -2.38. The minimum atomic E-state index is 0. The number of aliphatic imine (C=N–C) groups is 1. The van der Waals surface area contributed by atoms with Crippen LogP contribution in [0.5, 0.6) is 0 Å². The number of methoxy groups -OCH3 is 1. The van der Waals surface area contributed by atoms with Crippen molar-refractivity contribution in [3.8, 4) is 0 Å². The topological polar surface area (TPSA) is 45.7 Å². The van der Waals surface area contributed by atoms with Gasteiger partial charge in [0, 0.05) is 38.0 Å². The Morgan fingerprint density at radius 3 is 2.46 bits per heavy atom. The molecular weight excluding hydrogens is 433 g/mol. The fraction of sp³-hybridized carbons (Fsp3) is 0.389. The van der Waals surface area contributed by atoms with Crippen LogP contribution in [0.2, 0.25) is 0 Å². The molecule has 1 unspecified atom stereocenters. The number of nitrogens with zero attached hydrogens (tertiary/aromatic N) is 1. The Hall–Kier alpha value is -1.12. The largest absolute Gasteiger partial charge is 0.380 e. The van der Waals surface area contributed by atoms with E-state index in [-0.39, 0.29) is 24.0 Å². The van der Waals surface area contributed by atoms with E-state index >= 15 is 0 Å². The van der Waals surface area contributed by atoms with Gasteiger partial charge in [-0.1, -0.05) is 37.3 Å². The molecule has 132 valence electrons. The summed E-state index contributed by atoms with van der Waals surface area (Å²) in [5.74, 6) is 1.30. The van der Waals surface area contributed by atoms with Gasteiger partial charge in [-0.05, 0) is 22.6 Å². The molecule has 1 aromatic carbocycles. The number of nitrogens with one attached hydrogen (secondary N) is 2. The number of hydrogen-bond acceptors (Lipinski definition) is 3. The zero-order valence-corrected chi connectivity index (χ0v) is 17.6. The van der Waals surface area contributed by atoms with Gasteiger partial charge in [0.15, 0.2) is 5.96 Å². The molecule has 2 aromatic rings. The summed E-state index contributed by atoms with van der Waals surface area (Å²) in [6.45, 7) is 4.49. The van der Waals surface area contributed by atoms with E-state index in [1.165, 1.54) is 16.0 Å². The predicted octanol–water partition coefficient (Wildman–Crippen LogP) is 3.98. The maximum absolute atomic E-state index is 5.12. The normalized spacial score (nSPS) is 12.4. The molecule has 0 saturated heterocycles. The van der Waals surface area contributed by atoms with Crippen LogP contribution in [0.3, 0.4) is 0 Å². The molecule has 0 spiro atoms. The molecule has 6 heteroatoms. The second-order valence-corrected chi connectivity index (χ2v) is 6.45. The van der Waals surface area contributed by atoms with E-state index in [0.717, 1.165) is 19.0 Å². The molecule has 0 saturated carbocycles. The van der Waals surface area contributed by atoms with Crippen molar-refractivity contribution >= 4 is 41.3 Å². The molecule has 1 heterocycles. The van der Waals surface area contributed by atoms with E-state index in [1.54, 1.807) is 25.5 Å². The molecule has 0 amide bonds. The Labute approximate surface area is 165 Å². The first-order chi connectivity index (χ1) is 11.2. The van der Waals surface area contributed by atoms with E-state index in [4.69, 9.17) is 4.74 Å². The highest BCUT2D eigenvalue weighted by Gasteiger charge is 2.07. The minimum Gasteiger partial charge on any atom is -0.380 e. The van der Waals surface area contributed by atoms with Crippen molar-refractivity contribution in [2.45, 2.75) is 26.0 Å². The third-order valence-electron chi connectivity index (χ3n) is 3.62. The van der Waals surface area contributed by atoms with Crippen LogP contribution >= 0.6 is 35.3 Å². The summed E-state index contributed by atoms with van der Waals surface area (Å²) in [6.07, 6.45) is 0. The van der Waals surface area contributed by atoms with E-state index in [2.05, 4.69) is 64.3 Å². The van der Waals surface area contributed by atoms with E-state index in [9.17, 15) is 0 Å². The quantitative estimate of drug-likeness (QED) is 0.374. The zero-order chi connectivity index (χ0) is 16.5. The van der Waals surface area contributed by atoms with Gasteiger partial charge in [0.1, 0.15) is 0 Å². The Morgan fingerprint density at radius 1 is 1.17 bits per heavy atom. The predicted molar refractivity (Wildman–Crippen MR) is 114 cm³/mol. The number of ether oxygens (including phenoxy) is 1. The molecule has 1 aromatic heterocycles. The first-order valence-corrected chi connectivity index (χ1v) is 8.65. The smallest absolute Gasteiger partial charge is 0.191 e. The van der Waals surface area contributed by atoms with Crippen molar-refractivity contribution in [1.29, 1.82) is 0 Å². The number of thiophene rings is 1. The molecule has 2 rings (SSSR count). The summed E-state index contributed by atoms with van der Waals surface area (Å²) >= 11 is 1.80. The highest BCUT2D eigenvalue weighted by Crippen LogP contribution is 2.19. The molecule has 24 heavy (non-hydrogen) atoms. The van der Waals surface area contributed by atoms with Crippen molar-refractivity contribution in [1.82, 2.24) is 10.6 Å². The lowest BCUT2D eigenvalue weighted by molar-refractivity contribution is 0.185. The van der Waals surface area contributed by atoms with Crippen LogP contribution in [0, 0.1) is 0 Å². The van der Waals surface area contributed by atoms with Crippen molar-refractivity contribution < 1.29 is 4.74 Å². The Morgan fingerprint density at radius 2 is 1.88 bits per heavy atom. The van der Waals surface area contributed by atoms with Crippen LogP contribution in [-0.2, 0) is 17.9 Å². The standard InChI is InChI=1S/C18H25N3OS.HI/c1-14(17-5-4-10-23-17)11-20-18(19-2)21-12-15-6-8-16(9-7-15)13-22-3;/h4-10,14H,11-13H2,1-3H3,(H2,19,20,21);1H. The maximum Gasteiger partial charge on any atom is 0.191 e. The first kappa shape index (κ1) is 20.9. The molecule has 0 aliphatic rings. The van der Waals surface area contributed by atoms with Crippen LogP contribution in [0.1, 0.15) is 28.8 Å². The van der Waals surface area contributed by atoms with Gasteiger partial charge in [-0.15, -0.1) is 35.3 Å². The first-order valence-electron chi connectivity index (χ1n) is 7.77. The fourth-order valence-corrected chi connectivity index (χ4v) is 3.04. The highest BCUT2D eigenvalue weighted by atomic mass is 127. The van der Waals surface area contributed by atoms with Gasteiger partial charge in [-0.3, -0.25) is 4.99 Å². The summed E-state index contributed by atoms with van der Waals surface area (Å²) in [6, 6.07) is 12.7. The number of rotatable bonds is 7. The highest BCUT2D eigenvalue weighted by molar-refractivity contribution is 14.0. The molecule has 0 fully saturated rings. The summed E-state index contributed by atoms with van der Waals surface area (Å²) in [7, 11) is 3.51. The molecule has 1 atom stereocenters. The van der Waals surface area contributed by atoms with Gasteiger partial charge in [0.05, 0.1) is 6.61 Å². The summed E-state index contributed by atoms with van der Waals surface area (Å²) in [5, 5.41) is 8.85. The third kappa shape index (κ3) is 6.78. The average molecular weight is 459 g/mol. The van der Waals surface area contributed by atoms with Crippen molar-refractivity contribution in [2.24, 2.45) is 4.99 Å². The Bertz CT molecular complexity index is 599. The van der Waals surface area contributed by atoms with Gasteiger partial charge in [0.2, 0.25) is 0 Å². The van der Waals surface area contributed by atoms with Crippen LogP contribution in [0.15, 0.2) is 46.8 Å². The van der Waals surface area contributed by atoms with Gasteiger partial charge >= 0.3 is 0 Å². The van der Waals surface area contributed by atoms with Gasteiger partial charge in [0.25, 0.3) is 0 Å². The van der Waals surface area contributed by atoms with Gasteiger partial charge in [-0.25, -0.2) is 0 Å². The lowest BCUT2D eigenvalue weighted by Gasteiger charge is -2.15. The van der Waals surface area contributed by atoms with Crippen molar-refractivity contribution in [2.75, 3.05) is 20.7 Å². The summed E-state index contributed by atoms with van der Waals surface area (Å²) in [5.41, 5.74) is 2.41. The number of benzene rings is 1. The van der Waals surface area contributed by atoms with Crippen molar-refractivity contribution in [3.63, 3.8) is 0 Å². The van der Waals surface area contributed by atoms with Crippen LogP contribution in [-0.4, -0.2) is 26.7 Å².